The molecule has 1 aliphatic heterocycles. The number of aromatic nitrogens is 1. The van der Waals surface area contributed by atoms with E-state index in [1.165, 1.54) is 12.5 Å². The SMILES string of the molecule is CCOC(=O)Cc1ccc(NC(=O)Nc2cc(F)c3nc(N4CCCCC4)ccc3c2)cc1. The third-order valence-electron chi connectivity index (χ3n) is 5.53. The quantitative estimate of drug-likeness (QED) is 0.510. The minimum Gasteiger partial charge on any atom is -0.466 e. The Balaban J connectivity index is 1.40. The molecule has 33 heavy (non-hydrogen) atoms. The van der Waals surface area contributed by atoms with Crippen LogP contribution in [0, 0.1) is 5.82 Å². The number of carbonyl (C=O) groups excluding carboxylic acids is 2. The zero-order valence-electron chi connectivity index (χ0n) is 18.6. The molecule has 2 heterocycles. The van der Waals surface area contributed by atoms with Gasteiger partial charge in [-0.25, -0.2) is 14.2 Å². The first-order valence-corrected chi connectivity index (χ1v) is 11.2. The fraction of sp³-hybridized carbons (Fsp3) is 0.320. The van der Waals surface area contributed by atoms with Crippen LogP contribution in [0.25, 0.3) is 10.9 Å². The van der Waals surface area contributed by atoms with Crippen LogP contribution in [0.4, 0.5) is 26.4 Å². The standard InChI is InChI=1S/C25H27FN4O3/c1-2-33-23(31)14-17-6-9-19(10-7-17)27-25(32)28-20-15-18-8-11-22(29-24(18)21(26)16-20)30-12-4-3-5-13-30/h6-11,15-16H,2-5,12-14H2,1H3,(H2,27,28,32). The minimum atomic E-state index is -0.496. The molecule has 172 valence electrons. The molecule has 4 rings (SSSR count). The molecule has 3 aromatic rings. The van der Waals surface area contributed by atoms with Crippen LogP contribution >= 0.6 is 0 Å². The van der Waals surface area contributed by atoms with Crippen molar-refractivity contribution < 1.29 is 18.7 Å². The lowest BCUT2D eigenvalue weighted by atomic mass is 10.1. The summed E-state index contributed by atoms with van der Waals surface area (Å²) in [4.78, 5) is 30.7. The molecule has 1 aliphatic rings. The van der Waals surface area contributed by atoms with Crippen molar-refractivity contribution in [1.82, 2.24) is 4.98 Å². The maximum atomic E-state index is 14.8. The van der Waals surface area contributed by atoms with Gasteiger partial charge in [-0.3, -0.25) is 4.79 Å². The van der Waals surface area contributed by atoms with Gasteiger partial charge in [-0.1, -0.05) is 12.1 Å². The van der Waals surface area contributed by atoms with Crippen LogP contribution in [0.1, 0.15) is 31.7 Å². The molecule has 0 atom stereocenters. The van der Waals surface area contributed by atoms with Gasteiger partial charge in [-0.15, -0.1) is 0 Å². The molecular weight excluding hydrogens is 423 g/mol. The largest absolute Gasteiger partial charge is 0.466 e. The lowest BCUT2D eigenvalue weighted by Crippen LogP contribution is -2.30. The predicted molar refractivity (Wildman–Crippen MR) is 127 cm³/mol. The number of piperidine rings is 1. The Hall–Kier alpha value is -3.68. The molecule has 0 radical (unpaired) electrons. The number of hydrogen-bond acceptors (Lipinski definition) is 5. The molecule has 2 aromatic carbocycles. The molecule has 2 amide bonds. The molecular formula is C25H27FN4O3. The number of nitrogens with zero attached hydrogens (tertiary/aromatic N) is 2. The van der Waals surface area contributed by atoms with E-state index in [1.54, 1.807) is 37.3 Å². The normalized spacial score (nSPS) is 13.6. The summed E-state index contributed by atoms with van der Waals surface area (Å²) in [6.07, 6.45) is 3.63. The maximum absolute atomic E-state index is 14.8. The number of amides is 2. The summed E-state index contributed by atoms with van der Waals surface area (Å²) >= 11 is 0. The molecule has 0 spiro atoms. The number of carbonyl (C=O) groups is 2. The van der Waals surface area contributed by atoms with Crippen molar-refractivity contribution >= 4 is 40.1 Å². The molecule has 0 aliphatic carbocycles. The van der Waals surface area contributed by atoms with Crippen molar-refractivity contribution in [3.63, 3.8) is 0 Å². The van der Waals surface area contributed by atoms with Crippen LogP contribution in [-0.4, -0.2) is 36.7 Å². The summed E-state index contributed by atoms with van der Waals surface area (Å²) in [5, 5.41) is 5.99. The van der Waals surface area contributed by atoms with E-state index >= 15 is 0 Å². The zero-order chi connectivity index (χ0) is 23.2. The number of anilines is 3. The number of pyridine rings is 1. The van der Waals surface area contributed by atoms with Gasteiger partial charge >= 0.3 is 12.0 Å². The van der Waals surface area contributed by atoms with E-state index < -0.39 is 11.8 Å². The topological polar surface area (TPSA) is 83.6 Å². The van der Waals surface area contributed by atoms with Gasteiger partial charge in [0.25, 0.3) is 0 Å². The number of halogens is 1. The molecule has 0 unspecified atom stereocenters. The maximum Gasteiger partial charge on any atom is 0.323 e. The van der Waals surface area contributed by atoms with Crippen molar-refractivity contribution in [2.45, 2.75) is 32.6 Å². The van der Waals surface area contributed by atoms with Crippen molar-refractivity contribution in [2.75, 3.05) is 35.2 Å². The number of rotatable bonds is 6. The van der Waals surface area contributed by atoms with Gasteiger partial charge in [0.2, 0.25) is 0 Å². The molecule has 0 saturated carbocycles. The molecule has 1 fully saturated rings. The minimum absolute atomic E-state index is 0.171. The van der Waals surface area contributed by atoms with E-state index in [-0.39, 0.29) is 12.4 Å². The van der Waals surface area contributed by atoms with Gasteiger partial charge < -0.3 is 20.3 Å². The smallest absolute Gasteiger partial charge is 0.323 e. The fourth-order valence-electron chi connectivity index (χ4n) is 3.93. The number of hydrogen-bond donors (Lipinski definition) is 2. The number of fused-ring (bicyclic) bond motifs is 1. The van der Waals surface area contributed by atoms with Crippen molar-refractivity contribution in [3.8, 4) is 0 Å². The fourth-order valence-corrected chi connectivity index (χ4v) is 3.93. The summed E-state index contributed by atoms with van der Waals surface area (Å²) in [6, 6.07) is 13.1. The van der Waals surface area contributed by atoms with Gasteiger partial charge in [0.15, 0.2) is 5.82 Å². The Morgan fingerprint density at radius 2 is 1.73 bits per heavy atom. The highest BCUT2D eigenvalue weighted by atomic mass is 19.1. The molecule has 7 nitrogen and oxygen atoms in total. The average Bonchev–Trinajstić information content (AvgIpc) is 2.81. The van der Waals surface area contributed by atoms with E-state index in [2.05, 4.69) is 20.5 Å². The Morgan fingerprint density at radius 3 is 2.45 bits per heavy atom. The van der Waals surface area contributed by atoms with E-state index in [4.69, 9.17) is 4.74 Å². The molecule has 1 saturated heterocycles. The molecule has 0 bridgehead atoms. The molecule has 1 aromatic heterocycles. The third kappa shape index (κ3) is 5.77. The second-order valence-corrected chi connectivity index (χ2v) is 8.00. The first kappa shape index (κ1) is 22.5. The molecule has 2 N–H and O–H groups in total. The van der Waals surface area contributed by atoms with E-state index in [1.807, 2.05) is 12.1 Å². The third-order valence-corrected chi connectivity index (χ3v) is 5.53. The van der Waals surface area contributed by atoms with Gasteiger partial charge in [0.05, 0.1) is 13.0 Å². The first-order valence-electron chi connectivity index (χ1n) is 11.2. The number of nitrogens with one attached hydrogen (secondary N) is 2. The van der Waals surface area contributed by atoms with E-state index in [0.29, 0.717) is 28.9 Å². The number of urea groups is 1. The number of ether oxygens (including phenoxy) is 1. The van der Waals surface area contributed by atoms with Gasteiger partial charge in [-0.05, 0) is 68.1 Å². The second-order valence-electron chi connectivity index (χ2n) is 8.00. The van der Waals surface area contributed by atoms with E-state index in [9.17, 15) is 14.0 Å². The Labute approximate surface area is 191 Å². The summed E-state index contributed by atoms with van der Waals surface area (Å²) in [5.74, 6) is 0.00255. The first-order chi connectivity index (χ1) is 16.0. The van der Waals surface area contributed by atoms with Crippen LogP contribution in [-0.2, 0) is 16.0 Å². The Morgan fingerprint density at radius 1 is 1.00 bits per heavy atom. The van der Waals surface area contributed by atoms with Crippen LogP contribution in [0.3, 0.4) is 0 Å². The number of benzene rings is 2. The number of esters is 1. The highest BCUT2D eigenvalue weighted by Crippen LogP contribution is 2.26. The average molecular weight is 451 g/mol. The zero-order valence-corrected chi connectivity index (χ0v) is 18.6. The highest BCUT2D eigenvalue weighted by Gasteiger charge is 2.15. The van der Waals surface area contributed by atoms with E-state index in [0.717, 1.165) is 37.3 Å². The van der Waals surface area contributed by atoms with Crippen LogP contribution < -0.4 is 15.5 Å². The summed E-state index contributed by atoms with van der Waals surface area (Å²) in [7, 11) is 0. The van der Waals surface area contributed by atoms with Crippen molar-refractivity contribution in [1.29, 1.82) is 0 Å². The molecule has 8 heteroatoms. The monoisotopic (exact) mass is 450 g/mol. The lowest BCUT2D eigenvalue weighted by Gasteiger charge is -2.27. The van der Waals surface area contributed by atoms with Crippen LogP contribution in [0.2, 0.25) is 0 Å². The lowest BCUT2D eigenvalue weighted by molar-refractivity contribution is -0.142. The Kier molecular flexibility index (Phi) is 7.02. The van der Waals surface area contributed by atoms with Crippen LogP contribution in [0.5, 0.6) is 0 Å². The second kappa shape index (κ2) is 10.3. The summed E-state index contributed by atoms with van der Waals surface area (Å²) in [6.45, 7) is 3.96. The van der Waals surface area contributed by atoms with Gasteiger partial charge in [-0.2, -0.15) is 0 Å². The summed E-state index contributed by atoms with van der Waals surface area (Å²) < 4.78 is 19.7. The predicted octanol–water partition coefficient (Wildman–Crippen LogP) is 5.11. The van der Waals surface area contributed by atoms with Gasteiger partial charge in [0.1, 0.15) is 11.3 Å². The highest BCUT2D eigenvalue weighted by molar-refractivity contribution is 6.01. The summed E-state index contributed by atoms with van der Waals surface area (Å²) in [5.41, 5.74) is 1.96. The van der Waals surface area contributed by atoms with Crippen molar-refractivity contribution in [3.05, 3.63) is 59.9 Å². The van der Waals surface area contributed by atoms with Crippen molar-refractivity contribution in [2.24, 2.45) is 0 Å². The van der Waals surface area contributed by atoms with Crippen LogP contribution in [0.15, 0.2) is 48.5 Å². The Bertz CT molecular complexity index is 1140. The van der Waals surface area contributed by atoms with Gasteiger partial charge in [0, 0.05) is 29.9 Å².